The van der Waals surface area contributed by atoms with E-state index in [1.54, 1.807) is 0 Å². The molecule has 0 amide bonds. The van der Waals surface area contributed by atoms with Crippen LogP contribution in [0.15, 0.2) is 53.0 Å². The lowest BCUT2D eigenvalue weighted by molar-refractivity contribution is 0.364. The smallest absolute Gasteiger partial charge is 0.174 e. The van der Waals surface area contributed by atoms with Gasteiger partial charge in [-0.25, -0.2) is 0 Å². The van der Waals surface area contributed by atoms with Gasteiger partial charge in [-0.2, -0.15) is 5.26 Å². The van der Waals surface area contributed by atoms with Gasteiger partial charge in [0.25, 0.3) is 0 Å². The van der Waals surface area contributed by atoms with Crippen molar-refractivity contribution in [2.45, 2.75) is 6.54 Å². The number of nitrogens with zero attached hydrogens (tertiary/aromatic N) is 1. The van der Waals surface area contributed by atoms with Crippen LogP contribution in [0.3, 0.4) is 0 Å². The first kappa shape index (κ1) is 13.4. The van der Waals surface area contributed by atoms with Crippen molar-refractivity contribution in [3.8, 4) is 11.8 Å². The predicted octanol–water partition coefficient (Wildman–Crippen LogP) is 3.96. The summed E-state index contributed by atoms with van der Waals surface area (Å²) in [6.07, 6.45) is 0. The number of hydrogen-bond donors (Lipinski definition) is 1. The summed E-state index contributed by atoms with van der Waals surface area (Å²) >= 11 is 3.44. The second-order valence-corrected chi connectivity index (χ2v) is 4.83. The molecule has 0 bridgehead atoms. The number of rotatable bonds is 5. The third-order valence-corrected chi connectivity index (χ3v) is 3.07. The van der Waals surface area contributed by atoms with E-state index in [1.165, 1.54) is 0 Å². The summed E-state index contributed by atoms with van der Waals surface area (Å²) in [5.74, 6) is 0.742. The highest BCUT2D eigenvalue weighted by molar-refractivity contribution is 9.10. The highest BCUT2D eigenvalue weighted by Gasteiger charge is 2.02. The zero-order valence-electron chi connectivity index (χ0n) is 10.3. The fourth-order valence-electron chi connectivity index (χ4n) is 1.70. The number of ether oxygens (including phenoxy) is 1. The van der Waals surface area contributed by atoms with E-state index in [4.69, 9.17) is 10.00 Å². The lowest BCUT2D eigenvalue weighted by atomic mass is 10.2. The fourth-order valence-corrected chi connectivity index (χ4v) is 2.10. The molecule has 2 aromatic carbocycles. The molecule has 0 radical (unpaired) electrons. The van der Waals surface area contributed by atoms with Gasteiger partial charge in [-0.15, -0.1) is 0 Å². The summed E-state index contributed by atoms with van der Waals surface area (Å²) < 4.78 is 6.42. The number of nitrogens with one attached hydrogen (secondary N) is 1. The van der Waals surface area contributed by atoms with Crippen molar-refractivity contribution in [1.82, 2.24) is 0 Å². The molecule has 0 aliphatic rings. The van der Waals surface area contributed by atoms with Crippen molar-refractivity contribution in [3.05, 3.63) is 58.6 Å². The van der Waals surface area contributed by atoms with Gasteiger partial charge in [0.05, 0.1) is 0 Å². The molecule has 0 fully saturated rings. The molecule has 0 heterocycles. The summed E-state index contributed by atoms with van der Waals surface area (Å²) in [6, 6.07) is 17.7. The van der Waals surface area contributed by atoms with Crippen LogP contribution in [0, 0.1) is 11.3 Å². The normalized spacial score (nSPS) is 9.68. The van der Waals surface area contributed by atoms with Crippen molar-refractivity contribution in [2.24, 2.45) is 0 Å². The molecule has 0 aromatic heterocycles. The molecule has 19 heavy (non-hydrogen) atoms. The number of para-hydroxylation sites is 1. The van der Waals surface area contributed by atoms with Gasteiger partial charge >= 0.3 is 0 Å². The maximum absolute atomic E-state index is 8.56. The molecule has 0 aliphatic heterocycles. The van der Waals surface area contributed by atoms with Crippen LogP contribution >= 0.6 is 15.9 Å². The lowest BCUT2D eigenvalue weighted by Gasteiger charge is -2.11. The SMILES string of the molecule is N#CCOc1ccccc1CNc1cccc(Br)c1. The Labute approximate surface area is 121 Å². The molecule has 1 N–H and O–H groups in total. The monoisotopic (exact) mass is 316 g/mol. The van der Waals surface area contributed by atoms with Gasteiger partial charge in [-0.3, -0.25) is 0 Å². The van der Waals surface area contributed by atoms with Crippen LogP contribution in [-0.2, 0) is 6.54 Å². The highest BCUT2D eigenvalue weighted by Crippen LogP contribution is 2.21. The maximum atomic E-state index is 8.56. The fraction of sp³-hybridized carbons (Fsp3) is 0.133. The molecule has 0 saturated heterocycles. The van der Waals surface area contributed by atoms with Crippen molar-refractivity contribution >= 4 is 21.6 Å². The molecular weight excluding hydrogens is 304 g/mol. The standard InChI is InChI=1S/C15H13BrN2O/c16-13-5-3-6-14(10-13)18-11-12-4-1-2-7-15(12)19-9-8-17/h1-7,10,18H,9,11H2. The number of benzene rings is 2. The van der Waals surface area contributed by atoms with E-state index in [9.17, 15) is 0 Å². The molecule has 0 aliphatic carbocycles. The highest BCUT2D eigenvalue weighted by atomic mass is 79.9. The van der Waals surface area contributed by atoms with Crippen molar-refractivity contribution in [3.63, 3.8) is 0 Å². The minimum atomic E-state index is 0.0634. The van der Waals surface area contributed by atoms with Crippen molar-refractivity contribution in [2.75, 3.05) is 11.9 Å². The minimum Gasteiger partial charge on any atom is -0.478 e. The number of halogens is 1. The second kappa shape index (κ2) is 6.81. The Bertz CT molecular complexity index is 593. The number of hydrogen-bond acceptors (Lipinski definition) is 3. The van der Waals surface area contributed by atoms with Gasteiger partial charge in [-0.05, 0) is 24.3 Å². The molecule has 2 rings (SSSR count). The summed E-state index contributed by atoms with van der Waals surface area (Å²) in [4.78, 5) is 0. The van der Waals surface area contributed by atoms with Crippen molar-refractivity contribution in [1.29, 1.82) is 5.26 Å². The summed E-state index contributed by atoms with van der Waals surface area (Å²) in [7, 11) is 0. The van der Waals surface area contributed by atoms with E-state index in [0.29, 0.717) is 6.54 Å². The molecule has 0 spiro atoms. The average Bonchev–Trinajstić information content (AvgIpc) is 2.44. The average molecular weight is 317 g/mol. The quantitative estimate of drug-likeness (QED) is 0.908. The molecule has 0 unspecified atom stereocenters. The minimum absolute atomic E-state index is 0.0634. The van der Waals surface area contributed by atoms with Gasteiger partial charge in [0.1, 0.15) is 11.8 Å². The predicted molar refractivity (Wildman–Crippen MR) is 79.0 cm³/mol. The molecular formula is C15H13BrN2O. The Kier molecular flexibility index (Phi) is 4.82. The largest absolute Gasteiger partial charge is 0.478 e. The molecule has 0 saturated carbocycles. The maximum Gasteiger partial charge on any atom is 0.174 e. The summed E-state index contributed by atoms with van der Waals surface area (Å²) in [5.41, 5.74) is 2.06. The van der Waals surface area contributed by atoms with E-state index in [0.717, 1.165) is 21.5 Å². The Balaban J connectivity index is 2.05. The Morgan fingerprint density at radius 3 is 2.79 bits per heavy atom. The van der Waals surface area contributed by atoms with Gasteiger partial charge in [0.2, 0.25) is 0 Å². The van der Waals surface area contributed by atoms with Crippen LogP contribution < -0.4 is 10.1 Å². The van der Waals surface area contributed by atoms with E-state index < -0.39 is 0 Å². The molecule has 3 nitrogen and oxygen atoms in total. The van der Waals surface area contributed by atoms with E-state index in [-0.39, 0.29) is 6.61 Å². The van der Waals surface area contributed by atoms with Gasteiger partial charge in [-0.1, -0.05) is 40.2 Å². The Hall–Kier alpha value is -1.99. The lowest BCUT2D eigenvalue weighted by Crippen LogP contribution is -2.03. The molecule has 0 atom stereocenters. The van der Waals surface area contributed by atoms with Crippen LogP contribution in [0.2, 0.25) is 0 Å². The van der Waals surface area contributed by atoms with Gasteiger partial charge < -0.3 is 10.1 Å². The van der Waals surface area contributed by atoms with Crippen LogP contribution in [0.25, 0.3) is 0 Å². The zero-order chi connectivity index (χ0) is 13.5. The summed E-state index contributed by atoms with van der Waals surface area (Å²) in [5, 5.41) is 11.9. The van der Waals surface area contributed by atoms with Gasteiger partial charge in [0.15, 0.2) is 6.61 Å². The van der Waals surface area contributed by atoms with E-state index in [1.807, 2.05) is 54.6 Å². The van der Waals surface area contributed by atoms with Crippen LogP contribution in [0.1, 0.15) is 5.56 Å². The number of anilines is 1. The second-order valence-electron chi connectivity index (χ2n) is 3.92. The first-order valence-corrected chi connectivity index (χ1v) is 6.66. The van der Waals surface area contributed by atoms with Crippen LogP contribution in [-0.4, -0.2) is 6.61 Å². The topological polar surface area (TPSA) is 45.0 Å². The first-order valence-electron chi connectivity index (χ1n) is 5.86. The molecule has 2 aromatic rings. The Morgan fingerprint density at radius 1 is 1.16 bits per heavy atom. The van der Waals surface area contributed by atoms with E-state index in [2.05, 4.69) is 21.2 Å². The van der Waals surface area contributed by atoms with Crippen molar-refractivity contribution < 1.29 is 4.74 Å². The third kappa shape index (κ3) is 4.01. The Morgan fingerprint density at radius 2 is 2.00 bits per heavy atom. The molecule has 4 heteroatoms. The van der Waals surface area contributed by atoms with Gasteiger partial charge in [0, 0.05) is 22.3 Å². The number of nitriles is 1. The molecule has 96 valence electrons. The van der Waals surface area contributed by atoms with Crippen LogP contribution in [0.5, 0.6) is 5.75 Å². The third-order valence-electron chi connectivity index (χ3n) is 2.57. The van der Waals surface area contributed by atoms with Crippen LogP contribution in [0.4, 0.5) is 5.69 Å². The summed E-state index contributed by atoms with van der Waals surface area (Å²) in [6.45, 7) is 0.714. The van der Waals surface area contributed by atoms with E-state index >= 15 is 0 Å². The zero-order valence-corrected chi connectivity index (χ0v) is 11.9. The first-order chi connectivity index (χ1) is 9.29.